The number of aliphatic hydroxyl groups is 1. The molecule has 0 spiro atoms. The highest BCUT2D eigenvalue weighted by molar-refractivity contribution is 5.85. The van der Waals surface area contributed by atoms with Gasteiger partial charge in [0.15, 0.2) is 0 Å². The predicted molar refractivity (Wildman–Crippen MR) is 93.3 cm³/mol. The van der Waals surface area contributed by atoms with Gasteiger partial charge in [0.05, 0.1) is 26.4 Å². The quantitative estimate of drug-likeness (QED) is 0.666. The topological polar surface area (TPSA) is 95.9 Å². The van der Waals surface area contributed by atoms with Crippen molar-refractivity contribution in [3.05, 3.63) is 0 Å². The lowest BCUT2D eigenvalue weighted by Gasteiger charge is -2.30. The molecule has 0 amide bonds. The summed E-state index contributed by atoms with van der Waals surface area (Å²) in [6, 6.07) is 0. The largest absolute Gasteiger partial charge is 0.396 e. The Morgan fingerprint density at radius 3 is 1.83 bits per heavy atom. The van der Waals surface area contributed by atoms with Crippen LogP contribution in [0.25, 0.3) is 0 Å². The molecule has 0 atom stereocenters. The number of anilines is 3. The van der Waals surface area contributed by atoms with Crippen LogP contribution < -0.4 is 15.1 Å². The smallest absolute Gasteiger partial charge is 0.232 e. The number of aromatic nitrogens is 3. The third kappa shape index (κ3) is 5.04. The second-order valence-electron chi connectivity index (χ2n) is 5.46. The fraction of sp³-hybridized carbons (Fsp3) is 0.786. The van der Waals surface area contributed by atoms with Crippen LogP contribution in [0.2, 0.25) is 0 Å². The maximum atomic E-state index is 8.92. The van der Waals surface area contributed by atoms with E-state index in [1.165, 1.54) is 0 Å². The molecule has 2 fully saturated rings. The number of nitrogens with one attached hydrogen (secondary N) is 1. The molecule has 0 bridgehead atoms. The Labute approximate surface area is 147 Å². The second-order valence-corrected chi connectivity index (χ2v) is 5.46. The normalized spacial score (nSPS) is 18.2. The van der Waals surface area contributed by atoms with Crippen molar-refractivity contribution in [3.8, 4) is 0 Å². The molecule has 9 nitrogen and oxygen atoms in total. The summed E-state index contributed by atoms with van der Waals surface area (Å²) in [5.41, 5.74) is 0. The van der Waals surface area contributed by atoms with E-state index in [2.05, 4.69) is 30.1 Å². The third-order valence-electron chi connectivity index (χ3n) is 3.82. The summed E-state index contributed by atoms with van der Waals surface area (Å²) in [5.74, 6) is 1.91. The van der Waals surface area contributed by atoms with E-state index in [1.54, 1.807) is 0 Å². The molecule has 1 aromatic heterocycles. The van der Waals surface area contributed by atoms with Crippen molar-refractivity contribution in [1.29, 1.82) is 0 Å². The standard InChI is InChI=1S/C14H24N6O3.ClH/c21-7-1-2-15-12-16-13(19-3-8-22-9-4-19)18-14(17-12)20-5-10-23-11-6-20;/h21H,1-11H2,(H,15,16,17,18);1H. The predicted octanol–water partition coefficient (Wildman–Crippen LogP) is -0.239. The fourth-order valence-corrected chi connectivity index (χ4v) is 2.52. The zero-order valence-corrected chi connectivity index (χ0v) is 14.5. The van der Waals surface area contributed by atoms with Gasteiger partial charge in [-0.15, -0.1) is 12.4 Å². The molecule has 2 N–H and O–H groups in total. The van der Waals surface area contributed by atoms with E-state index in [4.69, 9.17) is 14.6 Å². The van der Waals surface area contributed by atoms with Gasteiger partial charge in [0.2, 0.25) is 17.8 Å². The summed E-state index contributed by atoms with van der Waals surface area (Å²) in [4.78, 5) is 17.9. The molecule has 3 heterocycles. The monoisotopic (exact) mass is 360 g/mol. The van der Waals surface area contributed by atoms with Crippen LogP contribution in [0, 0.1) is 0 Å². The van der Waals surface area contributed by atoms with Crippen LogP contribution >= 0.6 is 12.4 Å². The Kier molecular flexibility index (Phi) is 7.70. The summed E-state index contributed by atoms with van der Waals surface area (Å²) in [7, 11) is 0. The Morgan fingerprint density at radius 1 is 0.875 bits per heavy atom. The van der Waals surface area contributed by atoms with E-state index in [0.717, 1.165) is 26.2 Å². The first-order chi connectivity index (χ1) is 11.4. The van der Waals surface area contributed by atoms with Gasteiger partial charge in [0, 0.05) is 39.3 Å². The molecule has 3 rings (SSSR count). The minimum absolute atomic E-state index is 0. The highest BCUT2D eigenvalue weighted by Gasteiger charge is 2.20. The van der Waals surface area contributed by atoms with E-state index >= 15 is 0 Å². The van der Waals surface area contributed by atoms with Gasteiger partial charge in [-0.3, -0.25) is 0 Å². The summed E-state index contributed by atoms with van der Waals surface area (Å²) in [6.07, 6.45) is 0.658. The average Bonchev–Trinajstić information content (AvgIpc) is 2.63. The Balaban J connectivity index is 0.00000208. The van der Waals surface area contributed by atoms with E-state index in [0.29, 0.717) is 57.2 Å². The molecule has 0 aromatic carbocycles. The van der Waals surface area contributed by atoms with Gasteiger partial charge in [-0.25, -0.2) is 0 Å². The first kappa shape index (κ1) is 18.9. The van der Waals surface area contributed by atoms with Gasteiger partial charge in [0.25, 0.3) is 0 Å². The van der Waals surface area contributed by atoms with Gasteiger partial charge in [0.1, 0.15) is 0 Å². The van der Waals surface area contributed by atoms with Crippen molar-refractivity contribution in [2.24, 2.45) is 0 Å². The van der Waals surface area contributed by atoms with Crippen molar-refractivity contribution >= 4 is 30.3 Å². The number of aliphatic hydroxyl groups excluding tert-OH is 1. The lowest BCUT2D eigenvalue weighted by molar-refractivity contribution is 0.121. The van der Waals surface area contributed by atoms with Gasteiger partial charge in [-0.2, -0.15) is 15.0 Å². The van der Waals surface area contributed by atoms with Crippen LogP contribution in [-0.4, -0.2) is 85.8 Å². The molecule has 0 saturated carbocycles. The molecule has 1 aromatic rings. The molecule has 2 saturated heterocycles. The minimum atomic E-state index is 0. The first-order valence-electron chi connectivity index (χ1n) is 8.13. The third-order valence-corrected chi connectivity index (χ3v) is 3.82. The summed E-state index contributed by atoms with van der Waals surface area (Å²) < 4.78 is 10.8. The zero-order valence-electron chi connectivity index (χ0n) is 13.7. The number of nitrogens with zero attached hydrogens (tertiary/aromatic N) is 5. The minimum Gasteiger partial charge on any atom is -0.396 e. The Hall–Kier alpha value is -1.42. The van der Waals surface area contributed by atoms with Gasteiger partial charge in [-0.1, -0.05) is 0 Å². The molecular weight excluding hydrogens is 336 g/mol. The SMILES string of the molecule is Cl.OCCCNc1nc(N2CCOCC2)nc(N2CCOCC2)n1. The van der Waals surface area contributed by atoms with Gasteiger partial charge < -0.3 is 29.7 Å². The highest BCUT2D eigenvalue weighted by Crippen LogP contribution is 2.18. The van der Waals surface area contributed by atoms with Crippen molar-refractivity contribution in [3.63, 3.8) is 0 Å². The van der Waals surface area contributed by atoms with Crippen molar-refractivity contribution in [2.45, 2.75) is 6.42 Å². The first-order valence-corrected chi connectivity index (χ1v) is 8.13. The van der Waals surface area contributed by atoms with Crippen molar-refractivity contribution in [1.82, 2.24) is 15.0 Å². The maximum absolute atomic E-state index is 8.92. The zero-order chi connectivity index (χ0) is 15.9. The van der Waals surface area contributed by atoms with Crippen LogP contribution in [0.1, 0.15) is 6.42 Å². The second kappa shape index (κ2) is 9.77. The Bertz CT molecular complexity index is 461. The number of hydrogen-bond donors (Lipinski definition) is 2. The van der Waals surface area contributed by atoms with Crippen LogP contribution in [0.3, 0.4) is 0 Å². The Morgan fingerprint density at radius 2 is 1.38 bits per heavy atom. The number of morpholine rings is 2. The fourth-order valence-electron chi connectivity index (χ4n) is 2.52. The van der Waals surface area contributed by atoms with E-state index in [-0.39, 0.29) is 19.0 Å². The van der Waals surface area contributed by atoms with Crippen LogP contribution in [0.5, 0.6) is 0 Å². The van der Waals surface area contributed by atoms with Crippen LogP contribution in [-0.2, 0) is 9.47 Å². The molecular formula is C14H25ClN6O3. The van der Waals surface area contributed by atoms with E-state index in [9.17, 15) is 0 Å². The van der Waals surface area contributed by atoms with E-state index < -0.39 is 0 Å². The molecule has 24 heavy (non-hydrogen) atoms. The number of hydrogen-bond acceptors (Lipinski definition) is 9. The lowest BCUT2D eigenvalue weighted by atomic mass is 10.4. The van der Waals surface area contributed by atoms with E-state index in [1.807, 2.05) is 0 Å². The molecule has 136 valence electrons. The summed E-state index contributed by atoms with van der Waals surface area (Å²) in [6.45, 7) is 6.64. The number of rotatable bonds is 6. The summed E-state index contributed by atoms with van der Waals surface area (Å²) >= 11 is 0. The maximum Gasteiger partial charge on any atom is 0.232 e. The van der Waals surface area contributed by atoms with Gasteiger partial charge >= 0.3 is 0 Å². The molecule has 0 radical (unpaired) electrons. The van der Waals surface area contributed by atoms with Crippen LogP contribution in [0.4, 0.5) is 17.8 Å². The summed E-state index contributed by atoms with van der Waals surface area (Å²) in [5, 5.41) is 12.1. The van der Waals surface area contributed by atoms with Gasteiger partial charge in [-0.05, 0) is 6.42 Å². The number of ether oxygens (including phenoxy) is 2. The van der Waals surface area contributed by atoms with Crippen molar-refractivity contribution < 1.29 is 14.6 Å². The molecule has 2 aliphatic rings. The van der Waals surface area contributed by atoms with Crippen molar-refractivity contribution in [2.75, 3.05) is 80.9 Å². The highest BCUT2D eigenvalue weighted by atomic mass is 35.5. The lowest BCUT2D eigenvalue weighted by Crippen LogP contribution is -2.40. The van der Waals surface area contributed by atoms with Crippen LogP contribution in [0.15, 0.2) is 0 Å². The average molecular weight is 361 g/mol. The number of halogens is 1. The molecule has 0 unspecified atom stereocenters. The molecule has 2 aliphatic heterocycles. The molecule has 10 heteroatoms. The molecule has 0 aliphatic carbocycles.